The summed E-state index contributed by atoms with van der Waals surface area (Å²) in [5, 5.41) is 11.2. The Morgan fingerprint density at radius 1 is 1.08 bits per heavy atom. The minimum atomic E-state index is -3.48. The van der Waals surface area contributed by atoms with Gasteiger partial charge in [0.15, 0.2) is 9.84 Å². The van der Waals surface area contributed by atoms with E-state index in [0.717, 1.165) is 11.3 Å². The molecule has 2 unspecified atom stereocenters. The first-order valence-electron chi connectivity index (χ1n) is 8.40. The SMILES string of the molecule is CN(C)c1ccc2c(c1)C(c1ccccc1)C(O)C(C)(C)CS2(=O)=O. The summed E-state index contributed by atoms with van der Waals surface area (Å²) in [5.74, 6) is -0.456. The highest BCUT2D eigenvalue weighted by molar-refractivity contribution is 7.91. The second-order valence-corrected chi connectivity index (χ2v) is 9.66. The van der Waals surface area contributed by atoms with Crippen molar-refractivity contribution in [2.24, 2.45) is 5.41 Å². The maximum atomic E-state index is 13.0. The van der Waals surface area contributed by atoms with Crippen molar-refractivity contribution < 1.29 is 13.5 Å². The van der Waals surface area contributed by atoms with Crippen molar-refractivity contribution in [3.8, 4) is 0 Å². The fourth-order valence-corrected chi connectivity index (χ4v) is 5.76. The van der Waals surface area contributed by atoms with Crippen LogP contribution in [0.25, 0.3) is 0 Å². The molecule has 5 heteroatoms. The van der Waals surface area contributed by atoms with Crippen molar-refractivity contribution in [3.63, 3.8) is 0 Å². The Kier molecular flexibility index (Phi) is 4.41. The predicted octanol–water partition coefficient (Wildman–Crippen LogP) is 3.06. The molecular formula is C20H25NO3S. The predicted molar refractivity (Wildman–Crippen MR) is 101 cm³/mol. The standard InChI is InChI=1S/C20H25NO3S/c1-20(2)13-25(23,24)17-11-10-15(21(3)4)12-16(17)18(19(20)22)14-8-6-5-7-9-14/h5-12,18-19,22H,13H2,1-4H3. The van der Waals surface area contributed by atoms with Gasteiger partial charge in [-0.15, -0.1) is 0 Å². The minimum absolute atomic E-state index is 0.0706. The van der Waals surface area contributed by atoms with Crippen LogP contribution < -0.4 is 4.90 Å². The highest BCUT2D eigenvalue weighted by Gasteiger charge is 2.44. The summed E-state index contributed by atoms with van der Waals surface area (Å²) in [6, 6.07) is 15.1. The molecule has 4 nitrogen and oxygen atoms in total. The van der Waals surface area contributed by atoms with E-state index in [-0.39, 0.29) is 11.7 Å². The van der Waals surface area contributed by atoms with E-state index in [1.54, 1.807) is 6.07 Å². The fraction of sp³-hybridized carbons (Fsp3) is 0.400. The molecule has 2 aromatic rings. The molecule has 0 saturated heterocycles. The smallest absolute Gasteiger partial charge is 0.179 e. The molecule has 0 spiro atoms. The van der Waals surface area contributed by atoms with E-state index < -0.39 is 21.4 Å². The van der Waals surface area contributed by atoms with E-state index >= 15 is 0 Å². The maximum absolute atomic E-state index is 13.0. The van der Waals surface area contributed by atoms with Crippen molar-refractivity contribution in [3.05, 3.63) is 59.7 Å². The van der Waals surface area contributed by atoms with Crippen LogP contribution in [-0.4, -0.2) is 39.5 Å². The Bertz CT molecular complexity index is 873. The molecule has 25 heavy (non-hydrogen) atoms. The lowest BCUT2D eigenvalue weighted by Gasteiger charge is -2.33. The molecule has 2 aromatic carbocycles. The number of rotatable bonds is 2. The van der Waals surface area contributed by atoms with Gasteiger partial charge < -0.3 is 10.0 Å². The second-order valence-electron chi connectivity index (χ2n) is 7.70. The molecule has 0 bridgehead atoms. The van der Waals surface area contributed by atoms with Gasteiger partial charge in [0, 0.05) is 31.1 Å². The molecule has 2 atom stereocenters. The number of benzene rings is 2. The Labute approximate surface area is 150 Å². The minimum Gasteiger partial charge on any atom is -0.392 e. The molecular weight excluding hydrogens is 334 g/mol. The van der Waals surface area contributed by atoms with Crippen molar-refractivity contribution >= 4 is 15.5 Å². The van der Waals surface area contributed by atoms with Gasteiger partial charge in [0.2, 0.25) is 0 Å². The zero-order valence-corrected chi connectivity index (χ0v) is 15.9. The van der Waals surface area contributed by atoms with E-state index in [4.69, 9.17) is 0 Å². The number of aliphatic hydroxyl groups excluding tert-OH is 1. The normalized spacial score (nSPS) is 24.2. The van der Waals surface area contributed by atoms with Gasteiger partial charge in [-0.3, -0.25) is 0 Å². The van der Waals surface area contributed by atoms with Crippen LogP contribution in [0.3, 0.4) is 0 Å². The summed E-state index contributed by atoms with van der Waals surface area (Å²) in [6.45, 7) is 3.65. The average molecular weight is 359 g/mol. The Morgan fingerprint density at radius 3 is 2.32 bits per heavy atom. The van der Waals surface area contributed by atoms with Gasteiger partial charge in [-0.1, -0.05) is 44.2 Å². The van der Waals surface area contributed by atoms with E-state index in [1.165, 1.54) is 0 Å². The first-order valence-corrected chi connectivity index (χ1v) is 10.1. The van der Waals surface area contributed by atoms with Gasteiger partial charge in [-0.25, -0.2) is 8.42 Å². The summed E-state index contributed by atoms with van der Waals surface area (Å²) < 4.78 is 26.0. The molecule has 1 aliphatic heterocycles. The van der Waals surface area contributed by atoms with Gasteiger partial charge in [-0.2, -0.15) is 0 Å². The summed E-state index contributed by atoms with van der Waals surface area (Å²) in [7, 11) is 0.362. The average Bonchev–Trinajstić information content (AvgIpc) is 2.59. The van der Waals surface area contributed by atoms with Crippen LogP contribution >= 0.6 is 0 Å². The molecule has 134 valence electrons. The van der Waals surface area contributed by atoms with E-state index in [9.17, 15) is 13.5 Å². The lowest BCUT2D eigenvalue weighted by Crippen LogP contribution is -2.38. The lowest BCUT2D eigenvalue weighted by molar-refractivity contribution is 0.0521. The van der Waals surface area contributed by atoms with Crippen LogP contribution in [0.4, 0.5) is 5.69 Å². The van der Waals surface area contributed by atoms with Crippen LogP contribution in [0.2, 0.25) is 0 Å². The molecule has 0 radical (unpaired) electrons. The second kappa shape index (κ2) is 6.15. The summed E-state index contributed by atoms with van der Waals surface area (Å²) in [6.07, 6.45) is -0.802. The molecule has 1 aliphatic rings. The third-order valence-electron chi connectivity index (χ3n) is 5.02. The van der Waals surface area contributed by atoms with Crippen LogP contribution in [0.1, 0.15) is 30.9 Å². The first-order chi connectivity index (χ1) is 11.6. The number of hydrogen-bond acceptors (Lipinski definition) is 4. The topological polar surface area (TPSA) is 57.6 Å². The molecule has 0 saturated carbocycles. The van der Waals surface area contributed by atoms with E-state index in [0.29, 0.717) is 10.5 Å². The summed E-state index contributed by atoms with van der Waals surface area (Å²) >= 11 is 0. The Balaban J connectivity index is 2.33. The molecule has 0 aliphatic carbocycles. The molecule has 0 amide bonds. The number of fused-ring (bicyclic) bond motifs is 1. The van der Waals surface area contributed by atoms with Crippen molar-refractivity contribution in [1.29, 1.82) is 0 Å². The Morgan fingerprint density at radius 2 is 1.72 bits per heavy atom. The van der Waals surface area contributed by atoms with Crippen LogP contribution in [0.15, 0.2) is 53.4 Å². The number of sulfone groups is 1. The van der Waals surface area contributed by atoms with Crippen molar-refractivity contribution in [2.75, 3.05) is 24.7 Å². The summed E-state index contributed by atoms with van der Waals surface area (Å²) in [4.78, 5) is 2.27. The maximum Gasteiger partial charge on any atom is 0.179 e. The third kappa shape index (κ3) is 3.18. The van der Waals surface area contributed by atoms with Gasteiger partial charge in [-0.05, 0) is 29.3 Å². The fourth-order valence-electron chi connectivity index (χ4n) is 3.64. The number of aliphatic hydroxyl groups is 1. The molecule has 0 fully saturated rings. The highest BCUT2D eigenvalue weighted by atomic mass is 32.2. The first kappa shape index (κ1) is 18.0. The zero-order valence-electron chi connectivity index (χ0n) is 15.1. The van der Waals surface area contributed by atoms with Gasteiger partial charge in [0.25, 0.3) is 0 Å². The number of anilines is 1. The van der Waals surface area contributed by atoms with Gasteiger partial charge in [0.05, 0.1) is 16.8 Å². The highest BCUT2D eigenvalue weighted by Crippen LogP contribution is 2.45. The molecule has 1 heterocycles. The molecule has 3 rings (SSSR count). The van der Waals surface area contributed by atoms with E-state index in [1.807, 2.05) is 75.3 Å². The third-order valence-corrected chi connectivity index (χ3v) is 7.18. The zero-order chi connectivity index (χ0) is 18.4. The van der Waals surface area contributed by atoms with Crippen LogP contribution in [-0.2, 0) is 9.84 Å². The van der Waals surface area contributed by atoms with Gasteiger partial charge in [0.1, 0.15) is 0 Å². The van der Waals surface area contributed by atoms with Crippen molar-refractivity contribution in [2.45, 2.75) is 30.8 Å². The molecule has 1 N–H and O–H groups in total. The summed E-state index contributed by atoms with van der Waals surface area (Å²) in [5.41, 5.74) is 1.77. The van der Waals surface area contributed by atoms with Crippen molar-refractivity contribution in [1.82, 2.24) is 0 Å². The Hall–Kier alpha value is -1.85. The van der Waals surface area contributed by atoms with Crippen LogP contribution in [0.5, 0.6) is 0 Å². The molecule has 0 aromatic heterocycles. The van der Waals surface area contributed by atoms with Gasteiger partial charge >= 0.3 is 0 Å². The monoisotopic (exact) mass is 359 g/mol. The quantitative estimate of drug-likeness (QED) is 0.895. The number of hydrogen-bond donors (Lipinski definition) is 1. The van der Waals surface area contributed by atoms with Crippen LogP contribution in [0, 0.1) is 5.41 Å². The largest absolute Gasteiger partial charge is 0.392 e. The number of nitrogens with zero attached hydrogens (tertiary/aromatic N) is 1. The lowest BCUT2D eigenvalue weighted by atomic mass is 9.75. The van der Waals surface area contributed by atoms with E-state index in [2.05, 4.69) is 0 Å².